The van der Waals surface area contributed by atoms with Crippen molar-refractivity contribution < 1.29 is 13.2 Å². The van der Waals surface area contributed by atoms with Gasteiger partial charge in [-0.05, 0) is 41.5 Å². The van der Waals surface area contributed by atoms with Gasteiger partial charge in [0, 0.05) is 11.4 Å². The topological polar surface area (TPSA) is 81.1 Å². The van der Waals surface area contributed by atoms with Gasteiger partial charge in [0.1, 0.15) is 11.3 Å². The molecule has 0 aliphatic rings. The second-order valence-corrected chi connectivity index (χ2v) is 10.4. The predicted molar refractivity (Wildman–Crippen MR) is 141 cm³/mol. The molecule has 1 amide bonds. The van der Waals surface area contributed by atoms with Crippen molar-refractivity contribution in [3.8, 4) is 0 Å². The van der Waals surface area contributed by atoms with E-state index in [9.17, 15) is 13.2 Å². The zero-order valence-electron chi connectivity index (χ0n) is 19.1. The first-order valence-electron chi connectivity index (χ1n) is 11.3. The molecule has 36 heavy (non-hydrogen) atoms. The molecule has 0 radical (unpaired) electrons. The molecule has 1 aromatic heterocycles. The van der Waals surface area contributed by atoms with E-state index in [1.54, 1.807) is 30.3 Å². The predicted octanol–water partition coefficient (Wildman–Crippen LogP) is 5.45. The Balaban J connectivity index is 1.58. The Morgan fingerprint density at radius 2 is 1.50 bits per heavy atom. The number of amides is 1. The van der Waals surface area contributed by atoms with Crippen LogP contribution in [0, 0.1) is 0 Å². The number of carbonyl (C=O) groups excluding carboxylic acids is 1. The number of fused-ring (bicyclic) bond motifs is 1. The molecule has 0 aliphatic heterocycles. The molecule has 6 nitrogen and oxygen atoms in total. The third-order valence-corrected chi connectivity index (χ3v) is 7.59. The van der Waals surface area contributed by atoms with Crippen LogP contribution in [0.3, 0.4) is 0 Å². The van der Waals surface area contributed by atoms with Crippen molar-refractivity contribution >= 4 is 38.6 Å². The highest BCUT2D eigenvalue weighted by Crippen LogP contribution is 2.26. The molecule has 180 valence electrons. The molecule has 0 saturated heterocycles. The molecular weight excluding hydrogens is 494 g/mol. The van der Waals surface area contributed by atoms with Gasteiger partial charge in [-0.15, -0.1) is 0 Å². The van der Waals surface area contributed by atoms with E-state index in [4.69, 9.17) is 16.6 Å². The Bertz CT molecular complexity index is 1650. The first-order valence-corrected chi connectivity index (χ1v) is 13.2. The lowest BCUT2D eigenvalue weighted by Crippen LogP contribution is -2.30. The maximum absolute atomic E-state index is 13.2. The van der Waals surface area contributed by atoms with Crippen molar-refractivity contribution in [3.63, 3.8) is 0 Å². The maximum Gasteiger partial charge on any atom is 0.267 e. The first kappa shape index (κ1) is 23.8. The maximum atomic E-state index is 13.2. The number of sulfonamides is 1. The van der Waals surface area contributed by atoms with Gasteiger partial charge >= 0.3 is 0 Å². The molecular formula is C28H22ClN3O3S. The zero-order chi connectivity index (χ0) is 25.1. The van der Waals surface area contributed by atoms with Gasteiger partial charge in [0.2, 0.25) is 0 Å². The molecule has 1 heterocycles. The molecule has 4 aromatic carbocycles. The quantitative estimate of drug-likeness (QED) is 0.312. The van der Waals surface area contributed by atoms with Crippen LogP contribution in [-0.2, 0) is 23.0 Å². The number of nitrogens with zero attached hydrogens (tertiary/aromatic N) is 2. The lowest BCUT2D eigenvalue weighted by molar-refractivity contribution is 0.0983. The second kappa shape index (κ2) is 9.97. The number of para-hydroxylation sites is 1. The highest BCUT2D eigenvalue weighted by molar-refractivity contribution is 7.90. The SMILES string of the molecule is O=C(NS(=O)(=O)c1ccccc1)c1cccc2c1nc(Cc1ccccc1)n2Cc1ccccc1Cl. The highest BCUT2D eigenvalue weighted by Gasteiger charge is 2.23. The van der Waals surface area contributed by atoms with Crippen molar-refractivity contribution in [2.75, 3.05) is 0 Å². The van der Waals surface area contributed by atoms with E-state index in [0.29, 0.717) is 29.0 Å². The fourth-order valence-corrected chi connectivity index (χ4v) is 5.28. The summed E-state index contributed by atoms with van der Waals surface area (Å²) in [6, 6.07) is 30.4. The minimum absolute atomic E-state index is 0.0135. The Hall–Kier alpha value is -3.94. The molecule has 0 saturated carbocycles. The van der Waals surface area contributed by atoms with Crippen LogP contribution in [0.1, 0.15) is 27.3 Å². The lowest BCUT2D eigenvalue weighted by Gasteiger charge is -2.11. The summed E-state index contributed by atoms with van der Waals surface area (Å²) in [5, 5.41) is 0.632. The first-order chi connectivity index (χ1) is 17.4. The molecule has 1 N–H and O–H groups in total. The summed E-state index contributed by atoms with van der Waals surface area (Å²) >= 11 is 6.45. The van der Waals surface area contributed by atoms with Gasteiger partial charge in [0.05, 0.1) is 22.5 Å². The molecule has 0 unspecified atom stereocenters. The Labute approximate surface area is 214 Å². The zero-order valence-corrected chi connectivity index (χ0v) is 20.7. The monoisotopic (exact) mass is 515 g/mol. The van der Waals surface area contributed by atoms with Gasteiger partial charge in [-0.2, -0.15) is 0 Å². The summed E-state index contributed by atoms with van der Waals surface area (Å²) < 4.78 is 29.7. The molecule has 0 spiro atoms. The second-order valence-electron chi connectivity index (χ2n) is 8.29. The molecule has 0 fully saturated rings. The number of carbonyl (C=O) groups is 1. The van der Waals surface area contributed by atoms with Crippen LogP contribution in [0.25, 0.3) is 11.0 Å². The van der Waals surface area contributed by atoms with Gasteiger partial charge in [0.25, 0.3) is 15.9 Å². The number of rotatable bonds is 7. The molecule has 8 heteroatoms. The van der Waals surface area contributed by atoms with E-state index in [0.717, 1.165) is 17.0 Å². The van der Waals surface area contributed by atoms with Crippen molar-refractivity contribution in [1.29, 1.82) is 0 Å². The Kier molecular flexibility index (Phi) is 6.59. The third kappa shape index (κ3) is 4.89. The smallest absolute Gasteiger partial charge is 0.267 e. The van der Waals surface area contributed by atoms with Crippen LogP contribution in [0.5, 0.6) is 0 Å². The van der Waals surface area contributed by atoms with E-state index < -0.39 is 15.9 Å². The van der Waals surface area contributed by atoms with Crippen molar-refractivity contribution in [2.45, 2.75) is 17.9 Å². The average Bonchev–Trinajstić information content (AvgIpc) is 3.23. The van der Waals surface area contributed by atoms with Crippen LogP contribution in [0.4, 0.5) is 0 Å². The van der Waals surface area contributed by atoms with Crippen LogP contribution >= 0.6 is 11.6 Å². The third-order valence-electron chi connectivity index (χ3n) is 5.87. The highest BCUT2D eigenvalue weighted by atomic mass is 35.5. The minimum Gasteiger partial charge on any atom is -0.323 e. The average molecular weight is 516 g/mol. The number of nitrogens with one attached hydrogen (secondary N) is 1. The van der Waals surface area contributed by atoms with Crippen LogP contribution in [0.15, 0.2) is 108 Å². The number of hydrogen-bond donors (Lipinski definition) is 1. The molecule has 0 atom stereocenters. The Morgan fingerprint density at radius 1 is 0.833 bits per heavy atom. The summed E-state index contributed by atoms with van der Waals surface area (Å²) in [4.78, 5) is 18.0. The van der Waals surface area contributed by atoms with E-state index in [2.05, 4.69) is 4.72 Å². The standard InChI is InChI=1S/C28H22ClN3O3S/c29-24-16-8-7-12-21(24)19-32-25-17-9-15-23(27(25)30-26(32)18-20-10-3-1-4-11-20)28(33)31-36(34,35)22-13-5-2-6-14-22/h1-17H,18-19H2,(H,31,33). The number of halogens is 1. The molecule has 0 aliphatic carbocycles. The molecule has 5 aromatic rings. The van der Waals surface area contributed by atoms with Crippen LogP contribution < -0.4 is 4.72 Å². The van der Waals surface area contributed by atoms with E-state index in [1.807, 2.05) is 65.2 Å². The number of aromatic nitrogens is 2. The lowest BCUT2D eigenvalue weighted by atomic mass is 10.1. The minimum atomic E-state index is -4.03. The van der Waals surface area contributed by atoms with Crippen LogP contribution in [-0.4, -0.2) is 23.9 Å². The number of hydrogen-bond acceptors (Lipinski definition) is 4. The number of imidazole rings is 1. The van der Waals surface area contributed by atoms with E-state index in [1.165, 1.54) is 12.1 Å². The fraction of sp³-hybridized carbons (Fsp3) is 0.0714. The van der Waals surface area contributed by atoms with Crippen molar-refractivity contribution in [2.24, 2.45) is 0 Å². The fourth-order valence-electron chi connectivity index (χ4n) is 4.10. The van der Waals surface area contributed by atoms with Crippen molar-refractivity contribution in [3.05, 3.63) is 131 Å². The normalized spacial score (nSPS) is 11.5. The summed E-state index contributed by atoms with van der Waals surface area (Å²) in [5.74, 6) is 0.000365. The number of benzene rings is 4. The summed E-state index contributed by atoms with van der Waals surface area (Å²) in [7, 11) is -4.03. The van der Waals surface area contributed by atoms with E-state index in [-0.39, 0.29) is 10.5 Å². The summed E-state index contributed by atoms with van der Waals surface area (Å²) in [5.41, 5.74) is 3.29. The van der Waals surface area contributed by atoms with Crippen molar-refractivity contribution in [1.82, 2.24) is 14.3 Å². The van der Waals surface area contributed by atoms with Gasteiger partial charge in [-0.1, -0.05) is 84.4 Å². The summed E-state index contributed by atoms with van der Waals surface area (Å²) in [6.45, 7) is 0.450. The molecule has 0 bridgehead atoms. The van der Waals surface area contributed by atoms with Crippen LogP contribution in [0.2, 0.25) is 5.02 Å². The largest absolute Gasteiger partial charge is 0.323 e. The Morgan fingerprint density at radius 3 is 2.22 bits per heavy atom. The van der Waals surface area contributed by atoms with Gasteiger partial charge < -0.3 is 4.57 Å². The summed E-state index contributed by atoms with van der Waals surface area (Å²) in [6.07, 6.45) is 0.531. The molecule has 5 rings (SSSR count). The van der Waals surface area contributed by atoms with Gasteiger partial charge in [-0.25, -0.2) is 18.1 Å². The van der Waals surface area contributed by atoms with Gasteiger partial charge in [0.15, 0.2) is 0 Å². The van der Waals surface area contributed by atoms with Gasteiger partial charge in [-0.3, -0.25) is 4.79 Å². The van der Waals surface area contributed by atoms with E-state index >= 15 is 0 Å².